The third kappa shape index (κ3) is 5.34. The highest BCUT2D eigenvalue weighted by atomic mass is 16.6. The largest absolute Gasteiger partial charge is 0.444 e. The van der Waals surface area contributed by atoms with Gasteiger partial charge in [0.2, 0.25) is 0 Å². The number of hydrogen-bond acceptors (Lipinski definition) is 3. The molecule has 1 aromatic rings. The van der Waals surface area contributed by atoms with Crippen LogP contribution in [0.3, 0.4) is 0 Å². The van der Waals surface area contributed by atoms with Crippen molar-refractivity contribution in [2.45, 2.75) is 51.8 Å². The van der Waals surface area contributed by atoms with E-state index in [2.05, 4.69) is 16.4 Å². The van der Waals surface area contributed by atoms with Crippen LogP contribution in [-0.2, 0) is 11.3 Å². The van der Waals surface area contributed by atoms with Crippen LogP contribution in [0.2, 0.25) is 0 Å². The lowest BCUT2D eigenvalue weighted by Gasteiger charge is -2.32. The van der Waals surface area contributed by atoms with Crippen LogP contribution in [0.4, 0.5) is 4.79 Å². The summed E-state index contributed by atoms with van der Waals surface area (Å²) in [6, 6.07) is 4.64. The van der Waals surface area contributed by atoms with Crippen molar-refractivity contribution in [1.82, 2.24) is 9.88 Å². The quantitative estimate of drug-likeness (QED) is 0.919. The van der Waals surface area contributed by atoms with Gasteiger partial charge in [-0.25, -0.2) is 4.79 Å². The van der Waals surface area contributed by atoms with E-state index in [4.69, 9.17) is 4.74 Å². The van der Waals surface area contributed by atoms with E-state index in [1.54, 1.807) is 6.20 Å². The Morgan fingerprint density at radius 3 is 2.71 bits per heavy atom. The van der Waals surface area contributed by atoms with Crippen LogP contribution in [0.15, 0.2) is 24.5 Å². The summed E-state index contributed by atoms with van der Waals surface area (Å²) in [6.45, 7) is 8.22. The van der Waals surface area contributed by atoms with Gasteiger partial charge in [-0.1, -0.05) is 6.07 Å². The molecule has 0 unspecified atom stereocenters. The van der Waals surface area contributed by atoms with Crippen molar-refractivity contribution >= 4 is 6.09 Å². The Bertz CT molecular complexity index is 448. The Labute approximate surface area is 126 Å². The van der Waals surface area contributed by atoms with Crippen molar-refractivity contribution in [3.63, 3.8) is 0 Å². The molecule has 0 atom stereocenters. The van der Waals surface area contributed by atoms with Gasteiger partial charge in [-0.15, -0.1) is 0 Å². The smallest absolute Gasteiger partial charge is 0.410 e. The number of quaternary nitrogens is 1. The molecule has 2 heterocycles. The highest BCUT2D eigenvalue weighted by molar-refractivity contribution is 5.68. The van der Waals surface area contributed by atoms with Gasteiger partial charge in [-0.2, -0.15) is 0 Å². The van der Waals surface area contributed by atoms with Crippen LogP contribution in [0.5, 0.6) is 0 Å². The third-order valence-electron chi connectivity index (χ3n) is 3.60. The molecule has 1 fully saturated rings. The fourth-order valence-corrected chi connectivity index (χ4v) is 2.47. The number of nitrogens with two attached hydrogens (primary N) is 1. The minimum Gasteiger partial charge on any atom is -0.444 e. The number of rotatable bonds is 3. The van der Waals surface area contributed by atoms with Crippen LogP contribution < -0.4 is 5.32 Å². The first kappa shape index (κ1) is 15.8. The number of amides is 1. The summed E-state index contributed by atoms with van der Waals surface area (Å²) in [6.07, 6.45) is 5.54. The molecule has 1 saturated heterocycles. The van der Waals surface area contributed by atoms with Gasteiger partial charge in [0.25, 0.3) is 0 Å². The van der Waals surface area contributed by atoms with E-state index in [-0.39, 0.29) is 6.09 Å². The van der Waals surface area contributed by atoms with E-state index in [0.717, 1.165) is 32.5 Å². The minimum atomic E-state index is -0.416. The van der Waals surface area contributed by atoms with E-state index in [9.17, 15) is 4.79 Å². The number of nitrogens with zero attached hydrogens (tertiary/aromatic N) is 2. The van der Waals surface area contributed by atoms with Gasteiger partial charge in [0.05, 0.1) is 6.04 Å². The van der Waals surface area contributed by atoms with Crippen LogP contribution in [0.25, 0.3) is 0 Å². The first-order valence-electron chi connectivity index (χ1n) is 7.64. The molecule has 2 rings (SSSR count). The molecule has 1 aromatic heterocycles. The molecule has 5 heteroatoms. The maximum absolute atomic E-state index is 12.0. The third-order valence-corrected chi connectivity index (χ3v) is 3.60. The Balaban J connectivity index is 1.72. The predicted octanol–water partition coefficient (Wildman–Crippen LogP) is 1.54. The molecule has 1 amide bonds. The molecule has 2 N–H and O–H groups in total. The van der Waals surface area contributed by atoms with Crippen molar-refractivity contribution in [3.8, 4) is 0 Å². The number of carbonyl (C=O) groups excluding carboxylic acids is 1. The molecule has 0 saturated carbocycles. The first-order chi connectivity index (χ1) is 9.94. The summed E-state index contributed by atoms with van der Waals surface area (Å²) in [5.41, 5.74) is 0.826. The summed E-state index contributed by atoms with van der Waals surface area (Å²) in [5.74, 6) is 0. The fourth-order valence-electron chi connectivity index (χ4n) is 2.47. The van der Waals surface area contributed by atoms with Crippen LogP contribution in [0, 0.1) is 0 Å². The monoisotopic (exact) mass is 292 g/mol. The van der Waals surface area contributed by atoms with E-state index in [0.29, 0.717) is 6.04 Å². The maximum Gasteiger partial charge on any atom is 0.410 e. The predicted molar refractivity (Wildman–Crippen MR) is 80.7 cm³/mol. The van der Waals surface area contributed by atoms with Gasteiger partial charge >= 0.3 is 6.09 Å². The summed E-state index contributed by atoms with van der Waals surface area (Å²) >= 11 is 0. The Hall–Kier alpha value is -1.62. The Kier molecular flexibility index (Phi) is 5.17. The number of likely N-dealkylation sites (tertiary alicyclic amines) is 1. The normalized spacial score (nSPS) is 16.8. The van der Waals surface area contributed by atoms with E-state index >= 15 is 0 Å². The number of ether oxygens (including phenoxy) is 1. The molecule has 116 valence electrons. The zero-order valence-electron chi connectivity index (χ0n) is 13.2. The zero-order valence-corrected chi connectivity index (χ0v) is 13.2. The number of hydrogen-bond donors (Lipinski definition) is 1. The highest BCUT2D eigenvalue weighted by Gasteiger charge is 2.27. The van der Waals surface area contributed by atoms with Gasteiger partial charge in [-0.3, -0.25) is 4.98 Å². The number of pyridine rings is 1. The minimum absolute atomic E-state index is 0.187. The molecule has 0 aliphatic carbocycles. The summed E-state index contributed by atoms with van der Waals surface area (Å²) in [5, 5.41) is 2.35. The zero-order chi connectivity index (χ0) is 15.3. The van der Waals surface area contributed by atoms with E-state index in [1.165, 1.54) is 5.56 Å². The lowest BCUT2D eigenvalue weighted by atomic mass is 10.1. The molecule has 1 aliphatic rings. The SMILES string of the molecule is CC(C)(C)OC(=O)N1CCC([NH2+]Cc2cccnc2)CC1. The molecule has 0 bridgehead atoms. The van der Waals surface area contributed by atoms with Crippen molar-refractivity contribution in [2.75, 3.05) is 13.1 Å². The number of carbonyl (C=O) groups is 1. The number of piperidine rings is 1. The van der Waals surface area contributed by atoms with Crippen LogP contribution >= 0.6 is 0 Å². The average molecular weight is 292 g/mol. The second-order valence-corrected chi connectivity index (χ2v) is 6.61. The van der Waals surface area contributed by atoms with Crippen molar-refractivity contribution < 1.29 is 14.8 Å². The van der Waals surface area contributed by atoms with Gasteiger partial charge in [0.15, 0.2) is 0 Å². The molecule has 0 spiro atoms. The van der Waals surface area contributed by atoms with Gasteiger partial charge in [0, 0.05) is 43.9 Å². The summed E-state index contributed by atoms with van der Waals surface area (Å²) < 4.78 is 5.41. The van der Waals surface area contributed by atoms with Gasteiger partial charge in [0.1, 0.15) is 12.1 Å². The van der Waals surface area contributed by atoms with Gasteiger partial charge in [-0.05, 0) is 26.8 Å². The van der Waals surface area contributed by atoms with Crippen LogP contribution in [0.1, 0.15) is 39.2 Å². The second kappa shape index (κ2) is 6.89. The molecule has 0 radical (unpaired) electrons. The molecule has 0 aromatic carbocycles. The summed E-state index contributed by atoms with van der Waals surface area (Å²) in [4.78, 5) is 17.9. The molecular formula is C16H26N3O2+. The topological polar surface area (TPSA) is 59.0 Å². The molecular weight excluding hydrogens is 266 g/mol. The average Bonchev–Trinajstić information content (AvgIpc) is 2.45. The van der Waals surface area contributed by atoms with E-state index < -0.39 is 5.60 Å². The molecule has 5 nitrogen and oxygen atoms in total. The maximum atomic E-state index is 12.0. The highest BCUT2D eigenvalue weighted by Crippen LogP contribution is 2.14. The lowest BCUT2D eigenvalue weighted by Crippen LogP contribution is -2.89. The van der Waals surface area contributed by atoms with Crippen molar-refractivity contribution in [2.24, 2.45) is 0 Å². The van der Waals surface area contributed by atoms with Crippen molar-refractivity contribution in [3.05, 3.63) is 30.1 Å². The lowest BCUT2D eigenvalue weighted by molar-refractivity contribution is -0.706. The van der Waals surface area contributed by atoms with Crippen molar-refractivity contribution in [1.29, 1.82) is 0 Å². The van der Waals surface area contributed by atoms with Crippen LogP contribution in [-0.4, -0.2) is 40.7 Å². The van der Waals surface area contributed by atoms with E-state index in [1.807, 2.05) is 37.9 Å². The molecule has 1 aliphatic heterocycles. The van der Waals surface area contributed by atoms with Gasteiger partial charge < -0.3 is 15.0 Å². The molecule has 21 heavy (non-hydrogen) atoms. The summed E-state index contributed by atoms with van der Waals surface area (Å²) in [7, 11) is 0. The number of aromatic nitrogens is 1. The Morgan fingerprint density at radius 2 is 2.14 bits per heavy atom. The fraction of sp³-hybridized carbons (Fsp3) is 0.625. The first-order valence-corrected chi connectivity index (χ1v) is 7.64. The Morgan fingerprint density at radius 1 is 1.43 bits per heavy atom. The second-order valence-electron chi connectivity index (χ2n) is 6.61. The standard InChI is InChI=1S/C16H25N3O2/c1-16(2,3)21-15(20)19-9-6-14(7-10-19)18-12-13-5-4-8-17-11-13/h4-5,8,11,14,18H,6-7,9-10,12H2,1-3H3/p+1.